The van der Waals surface area contributed by atoms with Crippen LogP contribution in [-0.2, 0) is 14.8 Å². The van der Waals surface area contributed by atoms with E-state index in [1.54, 1.807) is 18.4 Å². The molecule has 2 aromatic rings. The highest BCUT2D eigenvalue weighted by Crippen LogP contribution is 2.24. The number of hydrogen-bond acceptors (Lipinski definition) is 6. The summed E-state index contributed by atoms with van der Waals surface area (Å²) >= 11 is 0. The maximum Gasteiger partial charge on any atom is 0.251 e. The Kier molecular flexibility index (Phi) is 7.62. The van der Waals surface area contributed by atoms with E-state index in [-0.39, 0.29) is 29.5 Å². The molecule has 2 fully saturated rings. The third-order valence-electron chi connectivity index (χ3n) is 6.09. The van der Waals surface area contributed by atoms with E-state index >= 15 is 0 Å². The molecule has 32 heavy (non-hydrogen) atoms. The van der Waals surface area contributed by atoms with Crippen LogP contribution in [-0.4, -0.2) is 58.1 Å². The fourth-order valence-electron chi connectivity index (χ4n) is 4.31. The van der Waals surface area contributed by atoms with E-state index in [0.717, 1.165) is 44.5 Å². The van der Waals surface area contributed by atoms with Gasteiger partial charge in [-0.15, -0.1) is 0 Å². The molecule has 2 atom stereocenters. The second kappa shape index (κ2) is 10.6. The second-order valence-corrected chi connectivity index (χ2v) is 10.1. The highest BCUT2D eigenvalue weighted by molar-refractivity contribution is 7.89. The number of sulfonamides is 1. The second-order valence-electron chi connectivity index (χ2n) is 8.35. The molecule has 2 N–H and O–H groups in total. The van der Waals surface area contributed by atoms with Crippen LogP contribution in [0.5, 0.6) is 0 Å². The molecule has 9 heteroatoms. The van der Waals surface area contributed by atoms with Crippen molar-refractivity contribution in [1.29, 1.82) is 0 Å². The molecule has 3 heterocycles. The van der Waals surface area contributed by atoms with E-state index in [2.05, 4.69) is 14.9 Å². The molecule has 4 rings (SSSR count). The molecule has 0 spiro atoms. The molecular weight excluding hydrogens is 430 g/mol. The van der Waals surface area contributed by atoms with Crippen LogP contribution >= 0.6 is 0 Å². The predicted octanol–water partition coefficient (Wildman–Crippen LogP) is 2.69. The summed E-state index contributed by atoms with van der Waals surface area (Å²) in [4.78, 5) is 15.3. The molecule has 1 amide bonds. The van der Waals surface area contributed by atoms with Crippen molar-refractivity contribution in [2.24, 2.45) is 0 Å². The Labute approximate surface area is 189 Å². The first-order chi connectivity index (χ1) is 15.5. The molecule has 2 saturated heterocycles. The topological polar surface area (TPSA) is 101 Å². The van der Waals surface area contributed by atoms with E-state index in [1.807, 2.05) is 12.1 Å². The number of furan rings is 1. The first kappa shape index (κ1) is 23.0. The summed E-state index contributed by atoms with van der Waals surface area (Å²) in [5.74, 6) is 0.511. The quantitative estimate of drug-likeness (QED) is 0.596. The molecule has 1 aromatic carbocycles. The van der Waals surface area contributed by atoms with Crippen molar-refractivity contribution in [1.82, 2.24) is 14.9 Å². The first-order valence-electron chi connectivity index (χ1n) is 11.3. The maximum atomic E-state index is 12.9. The lowest BCUT2D eigenvalue weighted by Gasteiger charge is -2.33. The average molecular weight is 462 g/mol. The Bertz CT molecular complexity index is 981. The Balaban J connectivity index is 1.40. The minimum atomic E-state index is -3.72. The van der Waals surface area contributed by atoms with Gasteiger partial charge in [0.05, 0.1) is 23.3 Å². The summed E-state index contributed by atoms with van der Waals surface area (Å²) in [5.41, 5.74) is 0.307. The Hall–Kier alpha value is -2.20. The molecule has 2 aliphatic rings. The monoisotopic (exact) mass is 461 g/mol. The standard InChI is InChI=1S/C23H31N3O5S/c27-23(24-17-21(22-10-6-14-31-22)26-11-2-1-3-12-26)18-7-4-9-20(15-18)32(28,29)25-16-19-8-5-13-30-19/h4,6-7,9-10,14-15,19,21,25H,1-3,5,8,11-13,16-17H2,(H,24,27). The number of benzene rings is 1. The van der Waals surface area contributed by atoms with Gasteiger partial charge < -0.3 is 14.5 Å². The van der Waals surface area contributed by atoms with Crippen LogP contribution in [0.2, 0.25) is 0 Å². The molecule has 0 radical (unpaired) electrons. The van der Waals surface area contributed by atoms with Gasteiger partial charge in [0.25, 0.3) is 5.91 Å². The van der Waals surface area contributed by atoms with E-state index in [0.29, 0.717) is 18.7 Å². The van der Waals surface area contributed by atoms with Gasteiger partial charge in [0.15, 0.2) is 0 Å². The average Bonchev–Trinajstić information content (AvgIpc) is 3.53. The predicted molar refractivity (Wildman–Crippen MR) is 120 cm³/mol. The van der Waals surface area contributed by atoms with Crippen molar-refractivity contribution >= 4 is 15.9 Å². The Morgan fingerprint density at radius 3 is 2.69 bits per heavy atom. The van der Waals surface area contributed by atoms with Gasteiger partial charge in [-0.1, -0.05) is 12.5 Å². The third kappa shape index (κ3) is 5.78. The lowest BCUT2D eigenvalue weighted by atomic mass is 10.1. The number of likely N-dealkylation sites (tertiary alicyclic amines) is 1. The summed E-state index contributed by atoms with van der Waals surface area (Å²) < 4.78 is 39.0. The first-order valence-corrected chi connectivity index (χ1v) is 12.8. The lowest BCUT2D eigenvalue weighted by molar-refractivity contribution is 0.0914. The number of nitrogens with zero attached hydrogens (tertiary/aromatic N) is 1. The van der Waals surface area contributed by atoms with Crippen LogP contribution in [0.4, 0.5) is 0 Å². The minimum absolute atomic E-state index is 0.0470. The number of ether oxygens (including phenoxy) is 1. The van der Waals surface area contributed by atoms with Gasteiger partial charge in [-0.05, 0) is 69.1 Å². The van der Waals surface area contributed by atoms with Gasteiger partial charge in [-0.25, -0.2) is 13.1 Å². The van der Waals surface area contributed by atoms with Crippen molar-refractivity contribution in [3.8, 4) is 0 Å². The SMILES string of the molecule is O=C(NCC(c1ccco1)N1CCCCC1)c1cccc(S(=O)(=O)NCC2CCCO2)c1. The maximum absolute atomic E-state index is 12.9. The number of carbonyl (C=O) groups excluding carboxylic acids is 1. The van der Waals surface area contributed by atoms with Crippen molar-refractivity contribution in [3.05, 3.63) is 54.0 Å². The van der Waals surface area contributed by atoms with Crippen molar-refractivity contribution in [3.63, 3.8) is 0 Å². The molecule has 2 aliphatic heterocycles. The molecule has 8 nitrogen and oxygen atoms in total. The van der Waals surface area contributed by atoms with Gasteiger partial charge in [-0.3, -0.25) is 9.69 Å². The zero-order valence-corrected chi connectivity index (χ0v) is 19.0. The van der Waals surface area contributed by atoms with Crippen LogP contribution in [0.15, 0.2) is 52.0 Å². The third-order valence-corrected chi connectivity index (χ3v) is 7.51. The lowest BCUT2D eigenvalue weighted by Crippen LogP contribution is -2.40. The Morgan fingerprint density at radius 2 is 1.97 bits per heavy atom. The molecular formula is C23H31N3O5S. The number of rotatable bonds is 9. The molecule has 2 unspecified atom stereocenters. The van der Waals surface area contributed by atoms with Crippen LogP contribution in [0.1, 0.15) is 54.3 Å². The van der Waals surface area contributed by atoms with Gasteiger partial charge in [0.2, 0.25) is 10.0 Å². The minimum Gasteiger partial charge on any atom is -0.468 e. The van der Waals surface area contributed by atoms with E-state index in [1.165, 1.54) is 18.6 Å². The fourth-order valence-corrected chi connectivity index (χ4v) is 5.42. The number of amides is 1. The molecule has 0 aliphatic carbocycles. The molecule has 1 aromatic heterocycles. The van der Waals surface area contributed by atoms with Gasteiger partial charge in [0.1, 0.15) is 5.76 Å². The van der Waals surface area contributed by atoms with E-state index < -0.39 is 10.0 Å². The zero-order valence-electron chi connectivity index (χ0n) is 18.2. The summed E-state index contributed by atoms with van der Waals surface area (Å²) in [6.07, 6.45) is 6.82. The largest absolute Gasteiger partial charge is 0.468 e. The zero-order chi connectivity index (χ0) is 22.4. The van der Waals surface area contributed by atoms with Gasteiger partial charge >= 0.3 is 0 Å². The smallest absolute Gasteiger partial charge is 0.251 e. The van der Waals surface area contributed by atoms with Crippen LogP contribution in [0, 0.1) is 0 Å². The number of hydrogen-bond donors (Lipinski definition) is 2. The van der Waals surface area contributed by atoms with Gasteiger partial charge in [-0.2, -0.15) is 0 Å². The number of nitrogens with one attached hydrogen (secondary N) is 2. The summed E-state index contributed by atoms with van der Waals surface area (Å²) in [6.45, 7) is 3.22. The fraction of sp³-hybridized carbons (Fsp3) is 0.522. The molecule has 0 saturated carbocycles. The normalized spacial score (nSPS) is 20.8. The van der Waals surface area contributed by atoms with Crippen LogP contribution in [0.25, 0.3) is 0 Å². The van der Waals surface area contributed by atoms with Crippen molar-refractivity contribution in [2.75, 3.05) is 32.8 Å². The van der Waals surface area contributed by atoms with Crippen molar-refractivity contribution < 1.29 is 22.4 Å². The molecule has 0 bridgehead atoms. The van der Waals surface area contributed by atoms with Gasteiger partial charge in [0, 0.05) is 25.3 Å². The van der Waals surface area contributed by atoms with Crippen molar-refractivity contribution in [2.45, 2.75) is 49.1 Å². The highest BCUT2D eigenvalue weighted by Gasteiger charge is 2.26. The number of carbonyl (C=O) groups is 1. The highest BCUT2D eigenvalue weighted by atomic mass is 32.2. The summed E-state index contributed by atoms with van der Waals surface area (Å²) in [6, 6.07) is 9.85. The van der Waals surface area contributed by atoms with E-state index in [4.69, 9.17) is 9.15 Å². The summed E-state index contributed by atoms with van der Waals surface area (Å²) in [5, 5.41) is 2.96. The Morgan fingerprint density at radius 1 is 1.12 bits per heavy atom. The molecule has 174 valence electrons. The van der Waals surface area contributed by atoms with E-state index in [9.17, 15) is 13.2 Å². The van der Waals surface area contributed by atoms with Crippen LogP contribution < -0.4 is 10.0 Å². The van der Waals surface area contributed by atoms with Crippen LogP contribution in [0.3, 0.4) is 0 Å². The summed E-state index contributed by atoms with van der Waals surface area (Å²) in [7, 11) is -3.72. The number of piperidine rings is 1.